The predicted molar refractivity (Wildman–Crippen MR) is 166 cm³/mol. The average Bonchev–Trinajstić information content (AvgIpc) is 3.46. The van der Waals surface area contributed by atoms with Gasteiger partial charge in [0.15, 0.2) is 11.6 Å². The third-order valence-electron chi connectivity index (χ3n) is 6.69. The fraction of sp³-hybridized carbons (Fsp3) is 0.176. The molecule has 5 aromatic rings. The number of amidine groups is 1. The van der Waals surface area contributed by atoms with Crippen molar-refractivity contribution in [3.8, 4) is 33.9 Å². The summed E-state index contributed by atoms with van der Waals surface area (Å²) in [5, 5.41) is 7.78. The van der Waals surface area contributed by atoms with Gasteiger partial charge in [0.25, 0.3) is 0 Å². The topological polar surface area (TPSA) is 100 Å². The van der Waals surface area contributed by atoms with E-state index in [4.69, 9.17) is 20.6 Å². The zero-order chi connectivity index (χ0) is 29.6. The highest BCUT2D eigenvalue weighted by Gasteiger charge is 2.22. The van der Waals surface area contributed by atoms with E-state index in [9.17, 15) is 0 Å². The van der Waals surface area contributed by atoms with Crippen LogP contribution >= 0.6 is 0 Å². The molecule has 0 spiro atoms. The molecule has 7 nitrogen and oxygen atoms in total. The molecule has 0 atom stereocenters. The molecule has 0 aliphatic rings. The van der Waals surface area contributed by atoms with Crippen LogP contribution in [0.3, 0.4) is 0 Å². The molecule has 0 bridgehead atoms. The smallest absolute Gasteiger partial charge is 0.188 e. The Hall–Kier alpha value is -5.11. The van der Waals surface area contributed by atoms with E-state index >= 15 is 4.39 Å². The Labute approximate surface area is 245 Å². The van der Waals surface area contributed by atoms with Gasteiger partial charge in [-0.15, -0.1) is 0 Å². The van der Waals surface area contributed by atoms with E-state index in [1.807, 2.05) is 51.1 Å². The van der Waals surface area contributed by atoms with E-state index < -0.39 is 5.82 Å². The fourth-order valence-corrected chi connectivity index (χ4v) is 4.80. The quantitative estimate of drug-likeness (QED) is 0.113. The van der Waals surface area contributed by atoms with E-state index in [2.05, 4.69) is 34.2 Å². The summed E-state index contributed by atoms with van der Waals surface area (Å²) in [5.74, 6) is 0.679. The molecule has 0 fully saturated rings. The van der Waals surface area contributed by atoms with Crippen LogP contribution in [0.15, 0.2) is 97.2 Å². The second-order valence-electron chi connectivity index (χ2n) is 10.1. The number of halogens is 1. The molecule has 0 amide bonds. The Kier molecular flexibility index (Phi) is 8.52. The van der Waals surface area contributed by atoms with Crippen molar-refractivity contribution in [1.82, 2.24) is 9.97 Å². The van der Waals surface area contributed by atoms with Crippen molar-refractivity contribution in [3.63, 3.8) is 0 Å². The van der Waals surface area contributed by atoms with Gasteiger partial charge in [-0.05, 0) is 56.2 Å². The Balaban J connectivity index is 1.57. The minimum absolute atomic E-state index is 0.0435. The van der Waals surface area contributed by atoms with Gasteiger partial charge in [0.2, 0.25) is 0 Å². The van der Waals surface area contributed by atoms with Crippen molar-refractivity contribution in [2.24, 2.45) is 5.73 Å². The van der Waals surface area contributed by atoms with E-state index in [-0.39, 0.29) is 29.9 Å². The molecule has 0 saturated carbocycles. The standard InChI is InChI=1S/C34H34FN5O2/c1-4-41-26-18-30(33(35)31(19-26)42-22(2)3)40(25-16-14-24(15-17-25)34(36)37)21-32-38-20-29(39-32)28-13-9-8-12-27(28)23-10-6-5-7-11-23/h5-20,22H,4,21H2,1-3H3,(H3,36,37)(H,38,39). The van der Waals surface area contributed by atoms with Gasteiger partial charge < -0.3 is 25.1 Å². The van der Waals surface area contributed by atoms with Gasteiger partial charge in [0, 0.05) is 28.9 Å². The number of anilines is 2. The van der Waals surface area contributed by atoms with E-state index in [1.165, 1.54) is 0 Å². The Morgan fingerprint density at radius 2 is 1.67 bits per heavy atom. The van der Waals surface area contributed by atoms with Gasteiger partial charge in [0.05, 0.1) is 36.8 Å². The second kappa shape index (κ2) is 12.6. The number of H-pyrrole nitrogens is 1. The molecule has 0 aliphatic heterocycles. The predicted octanol–water partition coefficient (Wildman–Crippen LogP) is 7.69. The van der Waals surface area contributed by atoms with Crippen LogP contribution in [0.25, 0.3) is 22.4 Å². The maximum absolute atomic E-state index is 16.1. The molecule has 8 heteroatoms. The first-order valence-corrected chi connectivity index (χ1v) is 13.9. The maximum atomic E-state index is 16.1. The van der Waals surface area contributed by atoms with Crippen molar-refractivity contribution in [3.05, 3.63) is 114 Å². The van der Waals surface area contributed by atoms with Crippen LogP contribution in [0.5, 0.6) is 11.5 Å². The molecule has 0 aliphatic carbocycles. The van der Waals surface area contributed by atoms with Gasteiger partial charge >= 0.3 is 0 Å². The van der Waals surface area contributed by atoms with E-state index in [1.54, 1.807) is 47.5 Å². The normalized spacial score (nSPS) is 11.0. The molecule has 4 N–H and O–H groups in total. The largest absolute Gasteiger partial charge is 0.494 e. The van der Waals surface area contributed by atoms with Crippen LogP contribution in [-0.2, 0) is 6.54 Å². The first-order valence-electron chi connectivity index (χ1n) is 13.9. The summed E-state index contributed by atoms with van der Waals surface area (Å²) in [6.07, 6.45) is 1.57. The summed E-state index contributed by atoms with van der Waals surface area (Å²) in [6.45, 7) is 6.22. The molecular formula is C34H34FN5O2. The summed E-state index contributed by atoms with van der Waals surface area (Å²) in [5.41, 5.74) is 11.3. The number of aromatic nitrogens is 2. The number of nitrogens with one attached hydrogen (secondary N) is 2. The molecule has 0 unspecified atom stereocenters. The first-order chi connectivity index (χ1) is 20.3. The van der Waals surface area contributed by atoms with Crippen LogP contribution in [0.1, 0.15) is 32.2 Å². The highest BCUT2D eigenvalue weighted by molar-refractivity contribution is 5.95. The lowest BCUT2D eigenvalue weighted by atomic mass is 9.98. The number of nitrogens with two attached hydrogens (primary N) is 1. The summed E-state index contributed by atoms with van der Waals surface area (Å²) < 4.78 is 27.7. The molecular weight excluding hydrogens is 529 g/mol. The number of benzene rings is 4. The third-order valence-corrected chi connectivity index (χ3v) is 6.69. The third kappa shape index (κ3) is 6.28. The maximum Gasteiger partial charge on any atom is 0.188 e. The number of hydrogen-bond donors (Lipinski definition) is 3. The van der Waals surface area contributed by atoms with Gasteiger partial charge in [-0.1, -0.05) is 54.6 Å². The lowest BCUT2D eigenvalue weighted by Gasteiger charge is -2.26. The number of ether oxygens (including phenoxy) is 2. The lowest BCUT2D eigenvalue weighted by Crippen LogP contribution is -2.20. The summed E-state index contributed by atoms with van der Waals surface area (Å²) in [4.78, 5) is 9.95. The van der Waals surface area contributed by atoms with Crippen molar-refractivity contribution >= 4 is 17.2 Å². The highest BCUT2D eigenvalue weighted by Crippen LogP contribution is 2.39. The second-order valence-corrected chi connectivity index (χ2v) is 10.1. The van der Waals surface area contributed by atoms with Crippen molar-refractivity contribution < 1.29 is 13.9 Å². The van der Waals surface area contributed by atoms with Crippen molar-refractivity contribution in [1.29, 1.82) is 5.41 Å². The molecule has 42 heavy (non-hydrogen) atoms. The minimum atomic E-state index is -0.510. The van der Waals surface area contributed by atoms with Gasteiger partial charge in [0.1, 0.15) is 17.4 Å². The van der Waals surface area contributed by atoms with Gasteiger partial charge in [-0.3, -0.25) is 5.41 Å². The summed E-state index contributed by atoms with van der Waals surface area (Å²) >= 11 is 0. The van der Waals surface area contributed by atoms with Crippen molar-refractivity contribution in [2.75, 3.05) is 11.5 Å². The number of hydrogen-bond acceptors (Lipinski definition) is 5. The Morgan fingerprint density at radius 3 is 2.33 bits per heavy atom. The lowest BCUT2D eigenvalue weighted by molar-refractivity contribution is 0.229. The number of aromatic amines is 1. The molecule has 1 aromatic heterocycles. The van der Waals surface area contributed by atoms with E-state index in [0.717, 1.165) is 22.4 Å². The van der Waals surface area contributed by atoms with Gasteiger partial charge in [-0.25, -0.2) is 9.37 Å². The molecule has 0 radical (unpaired) electrons. The number of nitrogen functional groups attached to an aromatic ring is 1. The number of nitrogens with zero attached hydrogens (tertiary/aromatic N) is 2. The average molecular weight is 564 g/mol. The van der Waals surface area contributed by atoms with Crippen LogP contribution in [0.4, 0.5) is 15.8 Å². The summed E-state index contributed by atoms with van der Waals surface area (Å²) in [6, 6.07) is 28.7. The Morgan fingerprint density at radius 1 is 0.976 bits per heavy atom. The SMILES string of the molecule is CCOc1cc(OC(C)C)c(F)c(N(Cc2ncc(-c3ccccc3-c3ccccc3)[nH]2)c2ccc(C(=N)N)cc2)c1. The van der Waals surface area contributed by atoms with E-state index in [0.29, 0.717) is 29.4 Å². The molecule has 0 saturated heterocycles. The zero-order valence-corrected chi connectivity index (χ0v) is 23.9. The molecule has 5 rings (SSSR count). The fourth-order valence-electron chi connectivity index (χ4n) is 4.80. The zero-order valence-electron chi connectivity index (χ0n) is 23.9. The van der Waals surface area contributed by atoms with Crippen molar-refractivity contribution in [2.45, 2.75) is 33.4 Å². The number of imidazole rings is 1. The monoisotopic (exact) mass is 563 g/mol. The first kappa shape index (κ1) is 28.4. The van der Waals surface area contributed by atoms with Crippen LogP contribution in [0.2, 0.25) is 0 Å². The molecule has 1 heterocycles. The molecule has 214 valence electrons. The van der Waals surface area contributed by atoms with Gasteiger partial charge in [-0.2, -0.15) is 0 Å². The molecule has 4 aromatic carbocycles. The Bertz CT molecular complexity index is 1670. The highest BCUT2D eigenvalue weighted by atomic mass is 19.1. The summed E-state index contributed by atoms with van der Waals surface area (Å²) in [7, 11) is 0. The number of rotatable bonds is 11. The van der Waals surface area contributed by atoms with Crippen LogP contribution in [0, 0.1) is 11.2 Å². The van der Waals surface area contributed by atoms with Crippen LogP contribution < -0.4 is 20.1 Å². The van der Waals surface area contributed by atoms with Crippen LogP contribution in [-0.4, -0.2) is 28.5 Å². The minimum Gasteiger partial charge on any atom is -0.494 e.